The zero-order valence-electron chi connectivity index (χ0n) is 9.37. The molecule has 0 aliphatic rings. The van der Waals surface area contributed by atoms with Crippen LogP contribution in [-0.4, -0.2) is 16.3 Å². The maximum absolute atomic E-state index is 10.4. The maximum atomic E-state index is 10.4. The summed E-state index contributed by atoms with van der Waals surface area (Å²) in [6.07, 6.45) is 0.675. The van der Waals surface area contributed by atoms with Gasteiger partial charge in [0.25, 0.3) is 0 Å². The van der Waals surface area contributed by atoms with Crippen molar-refractivity contribution in [3.8, 4) is 0 Å². The van der Waals surface area contributed by atoms with Crippen LogP contribution in [0.5, 0.6) is 0 Å². The van der Waals surface area contributed by atoms with Crippen molar-refractivity contribution in [1.29, 1.82) is 0 Å². The van der Waals surface area contributed by atoms with Crippen LogP contribution >= 0.6 is 23.4 Å². The Balaban J connectivity index is 2.70. The maximum Gasteiger partial charge on any atom is 0.303 e. The Morgan fingerprint density at radius 3 is 2.69 bits per heavy atom. The molecule has 0 aliphatic heterocycles. The van der Waals surface area contributed by atoms with Crippen LogP contribution in [0.2, 0.25) is 5.02 Å². The number of hydrogen-bond acceptors (Lipinski definition) is 2. The van der Waals surface area contributed by atoms with Crippen LogP contribution in [0.1, 0.15) is 25.8 Å². The van der Waals surface area contributed by atoms with Crippen LogP contribution in [0, 0.1) is 0 Å². The largest absolute Gasteiger partial charge is 0.481 e. The zero-order valence-corrected chi connectivity index (χ0v) is 10.9. The van der Waals surface area contributed by atoms with Gasteiger partial charge in [-0.15, -0.1) is 11.8 Å². The fourth-order valence-corrected chi connectivity index (χ4v) is 2.46. The van der Waals surface area contributed by atoms with E-state index in [1.807, 2.05) is 18.2 Å². The average Bonchev–Trinajstić information content (AvgIpc) is 2.18. The number of carboxylic acids is 1. The summed E-state index contributed by atoms with van der Waals surface area (Å²) in [5.74, 6) is -0.781. The molecule has 1 aromatic rings. The summed E-state index contributed by atoms with van der Waals surface area (Å²) in [5.41, 5.74) is 0.973. The number of halogens is 1. The summed E-state index contributed by atoms with van der Waals surface area (Å²) < 4.78 is 0. The third-order valence-electron chi connectivity index (χ3n) is 1.99. The van der Waals surface area contributed by atoms with Crippen LogP contribution in [0.4, 0.5) is 0 Å². The molecule has 0 bridgehead atoms. The summed E-state index contributed by atoms with van der Waals surface area (Å²) in [4.78, 5) is 11.5. The van der Waals surface area contributed by atoms with E-state index in [0.29, 0.717) is 16.7 Å². The van der Waals surface area contributed by atoms with Crippen molar-refractivity contribution in [1.82, 2.24) is 0 Å². The van der Waals surface area contributed by atoms with Gasteiger partial charge >= 0.3 is 5.97 Å². The quantitative estimate of drug-likeness (QED) is 0.815. The van der Waals surface area contributed by atoms with Gasteiger partial charge in [0.15, 0.2) is 0 Å². The minimum atomic E-state index is -0.781. The molecular weight excluding hydrogens is 244 g/mol. The lowest BCUT2D eigenvalue weighted by Gasteiger charge is -2.08. The number of aliphatic carboxylic acids is 1. The zero-order chi connectivity index (χ0) is 12.1. The highest BCUT2D eigenvalue weighted by Gasteiger charge is 2.06. The Kier molecular flexibility index (Phi) is 5.16. The molecule has 0 heterocycles. The first-order chi connectivity index (χ1) is 7.49. The van der Waals surface area contributed by atoms with Crippen LogP contribution in [0.15, 0.2) is 23.1 Å². The molecule has 0 aliphatic carbocycles. The number of rotatable bonds is 5. The molecular formula is C12H15ClO2S. The Hall–Kier alpha value is -0.670. The summed E-state index contributed by atoms with van der Waals surface area (Å²) in [5, 5.41) is 9.78. The van der Waals surface area contributed by atoms with E-state index in [-0.39, 0.29) is 6.42 Å². The van der Waals surface area contributed by atoms with Gasteiger partial charge in [-0.3, -0.25) is 4.79 Å². The molecule has 0 amide bonds. The number of benzene rings is 1. The van der Waals surface area contributed by atoms with E-state index in [1.165, 1.54) is 0 Å². The molecule has 1 rings (SSSR count). The SMILES string of the molecule is CC(C)Sc1ccc(CCC(=O)O)cc1Cl. The third kappa shape index (κ3) is 4.45. The Morgan fingerprint density at radius 2 is 2.19 bits per heavy atom. The van der Waals surface area contributed by atoms with Crippen molar-refractivity contribution >= 4 is 29.3 Å². The summed E-state index contributed by atoms with van der Waals surface area (Å²) in [7, 11) is 0. The van der Waals surface area contributed by atoms with Gasteiger partial charge in [0.05, 0.1) is 5.02 Å². The number of carbonyl (C=O) groups is 1. The molecule has 0 radical (unpaired) electrons. The first-order valence-corrected chi connectivity index (χ1v) is 6.41. The molecule has 0 fully saturated rings. The summed E-state index contributed by atoms with van der Waals surface area (Å²) in [6.45, 7) is 4.22. The van der Waals surface area contributed by atoms with Crippen LogP contribution in [0.3, 0.4) is 0 Å². The van der Waals surface area contributed by atoms with Crippen molar-refractivity contribution in [2.75, 3.05) is 0 Å². The Bertz CT molecular complexity index is 377. The topological polar surface area (TPSA) is 37.3 Å². The summed E-state index contributed by atoms with van der Waals surface area (Å²) >= 11 is 7.83. The minimum absolute atomic E-state index is 0.146. The predicted molar refractivity (Wildman–Crippen MR) is 68.4 cm³/mol. The van der Waals surface area contributed by atoms with Crippen molar-refractivity contribution in [2.24, 2.45) is 0 Å². The average molecular weight is 259 g/mol. The van der Waals surface area contributed by atoms with Gasteiger partial charge in [0.1, 0.15) is 0 Å². The molecule has 88 valence electrons. The number of carboxylic acid groups (broad SMARTS) is 1. The summed E-state index contributed by atoms with van der Waals surface area (Å²) in [6, 6.07) is 5.76. The van der Waals surface area contributed by atoms with E-state index in [0.717, 1.165) is 10.5 Å². The fraction of sp³-hybridized carbons (Fsp3) is 0.417. The molecule has 0 aromatic heterocycles. The highest BCUT2D eigenvalue weighted by Crippen LogP contribution is 2.31. The molecule has 2 nitrogen and oxygen atoms in total. The first-order valence-electron chi connectivity index (χ1n) is 5.16. The van der Waals surface area contributed by atoms with Crippen molar-refractivity contribution in [3.63, 3.8) is 0 Å². The first kappa shape index (κ1) is 13.4. The van der Waals surface area contributed by atoms with Crippen molar-refractivity contribution < 1.29 is 9.90 Å². The molecule has 0 saturated heterocycles. The molecule has 0 unspecified atom stereocenters. The van der Waals surface area contributed by atoms with E-state index in [4.69, 9.17) is 16.7 Å². The van der Waals surface area contributed by atoms with Gasteiger partial charge in [-0.25, -0.2) is 0 Å². The normalized spacial score (nSPS) is 10.8. The second kappa shape index (κ2) is 6.16. The Morgan fingerprint density at radius 1 is 1.50 bits per heavy atom. The lowest BCUT2D eigenvalue weighted by molar-refractivity contribution is -0.136. The van der Waals surface area contributed by atoms with Gasteiger partial charge in [-0.2, -0.15) is 0 Å². The van der Waals surface area contributed by atoms with Gasteiger partial charge in [-0.1, -0.05) is 31.5 Å². The van der Waals surface area contributed by atoms with E-state index in [9.17, 15) is 4.79 Å². The lowest BCUT2D eigenvalue weighted by Crippen LogP contribution is -1.97. The third-order valence-corrected chi connectivity index (χ3v) is 3.49. The highest BCUT2D eigenvalue weighted by atomic mass is 35.5. The predicted octanol–water partition coefficient (Wildman–Crippen LogP) is 3.86. The number of hydrogen-bond donors (Lipinski definition) is 1. The van der Waals surface area contributed by atoms with Crippen LogP contribution in [0.25, 0.3) is 0 Å². The molecule has 0 saturated carbocycles. The smallest absolute Gasteiger partial charge is 0.303 e. The van der Waals surface area contributed by atoms with Gasteiger partial charge < -0.3 is 5.11 Å². The van der Waals surface area contributed by atoms with Crippen molar-refractivity contribution in [2.45, 2.75) is 36.8 Å². The lowest BCUT2D eigenvalue weighted by atomic mass is 10.1. The Labute approximate surface area is 105 Å². The molecule has 1 N–H and O–H groups in total. The van der Waals surface area contributed by atoms with Crippen LogP contribution < -0.4 is 0 Å². The highest BCUT2D eigenvalue weighted by molar-refractivity contribution is 8.00. The van der Waals surface area contributed by atoms with Gasteiger partial charge in [0, 0.05) is 16.6 Å². The second-order valence-corrected chi connectivity index (χ2v) is 5.85. The van der Waals surface area contributed by atoms with Gasteiger partial charge in [-0.05, 0) is 24.1 Å². The number of thioether (sulfide) groups is 1. The minimum Gasteiger partial charge on any atom is -0.481 e. The van der Waals surface area contributed by atoms with Crippen LogP contribution in [-0.2, 0) is 11.2 Å². The second-order valence-electron chi connectivity index (χ2n) is 3.83. The van der Waals surface area contributed by atoms with Gasteiger partial charge in [0.2, 0.25) is 0 Å². The molecule has 0 spiro atoms. The standard InChI is InChI=1S/C12H15ClO2S/c1-8(2)16-11-5-3-9(7-10(11)13)4-6-12(14)15/h3,5,7-8H,4,6H2,1-2H3,(H,14,15). The van der Waals surface area contributed by atoms with Crippen molar-refractivity contribution in [3.05, 3.63) is 28.8 Å². The fourth-order valence-electron chi connectivity index (χ4n) is 1.30. The van der Waals surface area contributed by atoms with E-state index >= 15 is 0 Å². The molecule has 1 aromatic carbocycles. The molecule has 0 atom stereocenters. The monoisotopic (exact) mass is 258 g/mol. The van der Waals surface area contributed by atoms with E-state index in [1.54, 1.807) is 11.8 Å². The molecule has 4 heteroatoms. The van der Waals surface area contributed by atoms with E-state index < -0.39 is 5.97 Å². The molecule has 16 heavy (non-hydrogen) atoms. The number of aryl methyl sites for hydroxylation is 1. The van der Waals surface area contributed by atoms with E-state index in [2.05, 4.69) is 13.8 Å².